The van der Waals surface area contributed by atoms with Crippen LogP contribution < -0.4 is 0 Å². The molecule has 0 aliphatic heterocycles. The summed E-state index contributed by atoms with van der Waals surface area (Å²) in [6.45, 7) is 1.26. The number of hydrogen-bond acceptors (Lipinski definition) is 4. The summed E-state index contributed by atoms with van der Waals surface area (Å²) in [6, 6.07) is 0. The Morgan fingerprint density at radius 3 is 2.42 bits per heavy atom. The van der Waals surface area contributed by atoms with E-state index in [2.05, 4.69) is 25.4 Å². The second-order valence-corrected chi connectivity index (χ2v) is 2.42. The summed E-state index contributed by atoms with van der Waals surface area (Å²) in [5.74, 6) is -0.787. The summed E-state index contributed by atoms with van der Waals surface area (Å²) < 4.78 is 8.98. The van der Waals surface area contributed by atoms with Crippen LogP contribution in [-0.2, 0) is 19.1 Å². The van der Waals surface area contributed by atoms with Crippen molar-refractivity contribution in [1.29, 1.82) is 0 Å². The third-order valence-electron chi connectivity index (χ3n) is 0.887. The third kappa shape index (κ3) is 4.90. The van der Waals surface area contributed by atoms with Gasteiger partial charge in [-0.05, 0) is 0 Å². The monoisotopic (exact) mass is 236 g/mol. The number of halogens is 1. The molecule has 0 radical (unpaired) electrons. The van der Waals surface area contributed by atoms with Crippen molar-refractivity contribution in [2.75, 3.05) is 12.4 Å². The van der Waals surface area contributed by atoms with Gasteiger partial charge in [0.1, 0.15) is 5.76 Å². The zero-order valence-corrected chi connectivity index (χ0v) is 8.38. The van der Waals surface area contributed by atoms with Crippen molar-refractivity contribution in [3.8, 4) is 0 Å². The minimum absolute atomic E-state index is 0.231. The van der Waals surface area contributed by atoms with E-state index >= 15 is 0 Å². The molecule has 0 fully saturated rings. The van der Waals surface area contributed by atoms with Crippen LogP contribution in [-0.4, -0.2) is 24.4 Å². The van der Waals surface area contributed by atoms with Gasteiger partial charge in [-0.15, -0.1) is 0 Å². The molecule has 0 aliphatic carbocycles. The summed E-state index contributed by atoms with van der Waals surface area (Å²) in [6.07, 6.45) is 1.11. The molecule has 0 unspecified atom stereocenters. The molecule has 0 bridgehead atoms. The first-order valence-corrected chi connectivity index (χ1v) is 4.25. The molecule has 0 atom stereocenters. The van der Waals surface area contributed by atoms with Crippen molar-refractivity contribution in [2.45, 2.75) is 6.92 Å². The first kappa shape index (κ1) is 11.2. The van der Waals surface area contributed by atoms with Crippen LogP contribution in [0.4, 0.5) is 0 Å². The SMILES string of the molecule is COC(=O)C=C(CBr)OC(C)=O. The molecule has 0 aromatic rings. The minimum atomic E-state index is -0.550. The fourth-order valence-corrected chi connectivity index (χ4v) is 0.747. The maximum atomic E-state index is 10.7. The molecular weight excluding hydrogens is 228 g/mol. The fraction of sp³-hybridized carbons (Fsp3) is 0.429. The summed E-state index contributed by atoms with van der Waals surface area (Å²) in [5, 5.41) is 0.293. The molecule has 0 amide bonds. The van der Waals surface area contributed by atoms with Crippen molar-refractivity contribution < 1.29 is 19.1 Å². The van der Waals surface area contributed by atoms with Gasteiger partial charge in [-0.2, -0.15) is 0 Å². The molecular formula is C7H9BrO4. The van der Waals surface area contributed by atoms with Crippen LogP contribution in [0.25, 0.3) is 0 Å². The Kier molecular flexibility index (Phi) is 5.36. The number of esters is 2. The molecule has 0 spiro atoms. The maximum absolute atomic E-state index is 10.7. The third-order valence-corrected chi connectivity index (χ3v) is 1.44. The smallest absolute Gasteiger partial charge is 0.333 e. The lowest BCUT2D eigenvalue weighted by Crippen LogP contribution is -2.04. The zero-order chi connectivity index (χ0) is 9.56. The number of rotatable bonds is 3. The number of alkyl halides is 1. The maximum Gasteiger partial charge on any atom is 0.333 e. The number of carbonyl (C=O) groups is 2. The minimum Gasteiger partial charge on any atom is -0.466 e. The lowest BCUT2D eigenvalue weighted by Gasteiger charge is -2.01. The van der Waals surface area contributed by atoms with Crippen molar-refractivity contribution in [3.63, 3.8) is 0 Å². The fourth-order valence-electron chi connectivity index (χ4n) is 0.470. The Hall–Kier alpha value is -0.840. The number of allylic oxidation sites excluding steroid dienone is 1. The number of carbonyl (C=O) groups excluding carboxylic acids is 2. The van der Waals surface area contributed by atoms with E-state index in [0.29, 0.717) is 5.33 Å². The van der Waals surface area contributed by atoms with Gasteiger partial charge in [0.2, 0.25) is 0 Å². The molecule has 0 aromatic heterocycles. The van der Waals surface area contributed by atoms with E-state index < -0.39 is 11.9 Å². The molecule has 4 nitrogen and oxygen atoms in total. The molecule has 0 N–H and O–H groups in total. The quantitative estimate of drug-likeness (QED) is 0.318. The molecule has 0 saturated heterocycles. The van der Waals surface area contributed by atoms with Crippen molar-refractivity contribution in [1.82, 2.24) is 0 Å². The van der Waals surface area contributed by atoms with E-state index in [1.54, 1.807) is 0 Å². The average molecular weight is 237 g/mol. The Morgan fingerprint density at radius 1 is 1.50 bits per heavy atom. The normalized spacial score (nSPS) is 10.8. The number of hydrogen-bond donors (Lipinski definition) is 0. The van der Waals surface area contributed by atoms with E-state index in [9.17, 15) is 9.59 Å². The van der Waals surface area contributed by atoms with Gasteiger partial charge in [0.25, 0.3) is 0 Å². The predicted octanol–water partition coefficient (Wildman–Crippen LogP) is 1.00. The molecule has 68 valence electrons. The van der Waals surface area contributed by atoms with E-state index in [4.69, 9.17) is 0 Å². The zero-order valence-electron chi connectivity index (χ0n) is 6.80. The topological polar surface area (TPSA) is 52.6 Å². The van der Waals surface area contributed by atoms with Crippen molar-refractivity contribution in [3.05, 3.63) is 11.8 Å². The van der Waals surface area contributed by atoms with Gasteiger partial charge in [0.05, 0.1) is 18.5 Å². The van der Waals surface area contributed by atoms with Crippen LogP contribution in [0.5, 0.6) is 0 Å². The molecule has 0 rings (SSSR count). The molecule has 0 heterocycles. The van der Waals surface area contributed by atoms with E-state index in [-0.39, 0.29) is 5.76 Å². The lowest BCUT2D eigenvalue weighted by atomic mass is 10.5. The van der Waals surface area contributed by atoms with E-state index in [1.807, 2.05) is 0 Å². The highest BCUT2D eigenvalue weighted by Crippen LogP contribution is 2.02. The van der Waals surface area contributed by atoms with Crippen LogP contribution in [0.2, 0.25) is 0 Å². The van der Waals surface area contributed by atoms with Gasteiger partial charge in [-0.3, -0.25) is 4.79 Å². The number of ether oxygens (including phenoxy) is 2. The molecule has 0 aliphatic rings. The highest BCUT2D eigenvalue weighted by molar-refractivity contribution is 9.09. The first-order valence-electron chi connectivity index (χ1n) is 3.13. The van der Waals surface area contributed by atoms with Gasteiger partial charge in [-0.25, -0.2) is 4.79 Å². The van der Waals surface area contributed by atoms with Crippen LogP contribution in [0.3, 0.4) is 0 Å². The van der Waals surface area contributed by atoms with Crippen molar-refractivity contribution in [2.24, 2.45) is 0 Å². The standard InChI is InChI=1S/C7H9BrO4/c1-5(9)12-6(4-8)3-7(10)11-2/h3H,4H2,1-2H3. The first-order chi connectivity index (χ1) is 5.60. The molecule has 12 heavy (non-hydrogen) atoms. The van der Waals surface area contributed by atoms with E-state index in [0.717, 1.165) is 6.08 Å². The Bertz CT molecular complexity index is 209. The lowest BCUT2D eigenvalue weighted by molar-refractivity contribution is -0.137. The highest BCUT2D eigenvalue weighted by atomic mass is 79.9. The van der Waals surface area contributed by atoms with Gasteiger partial charge in [0, 0.05) is 6.92 Å². The second kappa shape index (κ2) is 5.77. The van der Waals surface area contributed by atoms with Crippen LogP contribution in [0.1, 0.15) is 6.92 Å². The van der Waals surface area contributed by atoms with Gasteiger partial charge < -0.3 is 9.47 Å². The predicted molar refractivity (Wildman–Crippen MR) is 45.7 cm³/mol. The highest BCUT2D eigenvalue weighted by Gasteiger charge is 2.03. The van der Waals surface area contributed by atoms with Gasteiger partial charge in [0.15, 0.2) is 0 Å². The van der Waals surface area contributed by atoms with Gasteiger partial charge >= 0.3 is 11.9 Å². The largest absolute Gasteiger partial charge is 0.466 e. The van der Waals surface area contributed by atoms with Crippen molar-refractivity contribution >= 4 is 27.9 Å². The molecule has 0 saturated carbocycles. The van der Waals surface area contributed by atoms with E-state index in [1.165, 1.54) is 14.0 Å². The Balaban J connectivity index is 4.22. The second-order valence-electron chi connectivity index (χ2n) is 1.86. The number of methoxy groups -OCH3 is 1. The molecule has 5 heteroatoms. The summed E-state index contributed by atoms with van der Waals surface area (Å²) in [4.78, 5) is 21.1. The van der Waals surface area contributed by atoms with Gasteiger partial charge in [-0.1, -0.05) is 15.9 Å². The van der Waals surface area contributed by atoms with Crippen LogP contribution in [0, 0.1) is 0 Å². The Labute approximate surface area is 78.7 Å². The van der Waals surface area contributed by atoms with Crippen LogP contribution >= 0.6 is 15.9 Å². The van der Waals surface area contributed by atoms with Crippen LogP contribution in [0.15, 0.2) is 11.8 Å². The summed E-state index contributed by atoms with van der Waals surface area (Å²) >= 11 is 3.05. The average Bonchev–Trinajstić information content (AvgIpc) is 2.02. The summed E-state index contributed by atoms with van der Waals surface area (Å²) in [5.41, 5.74) is 0. The molecule has 0 aromatic carbocycles. The Morgan fingerprint density at radius 2 is 2.08 bits per heavy atom. The summed E-state index contributed by atoms with van der Waals surface area (Å²) in [7, 11) is 1.25.